The minimum absolute atomic E-state index is 0.0739. The number of amides is 1. The van der Waals surface area contributed by atoms with E-state index in [2.05, 4.69) is 5.32 Å². The average Bonchev–Trinajstić information content (AvgIpc) is 2.27. The zero-order valence-corrected chi connectivity index (χ0v) is 11.4. The van der Waals surface area contributed by atoms with E-state index < -0.39 is 5.82 Å². The standard InChI is InChI=1S/C13H17ClFNO2/c1-8(2)9(3)16-13(17)7-18-12-5-4-10(15)6-11(12)14/h4-6,8-9H,7H2,1-3H3,(H,16,17). The maximum Gasteiger partial charge on any atom is 0.258 e. The third kappa shape index (κ3) is 4.53. The fourth-order valence-corrected chi connectivity index (χ4v) is 1.42. The Morgan fingerprint density at radius 1 is 1.44 bits per heavy atom. The molecule has 1 aromatic rings. The van der Waals surface area contributed by atoms with Gasteiger partial charge in [-0.05, 0) is 31.0 Å². The number of rotatable bonds is 5. The highest BCUT2D eigenvalue weighted by Crippen LogP contribution is 2.24. The predicted octanol–water partition coefficient (Wildman–Crippen LogP) is 3.02. The molecule has 0 saturated carbocycles. The van der Waals surface area contributed by atoms with Crippen molar-refractivity contribution in [3.05, 3.63) is 29.0 Å². The Bertz CT molecular complexity index is 423. The van der Waals surface area contributed by atoms with Gasteiger partial charge >= 0.3 is 0 Å². The zero-order chi connectivity index (χ0) is 13.7. The first-order chi connectivity index (χ1) is 8.40. The molecule has 0 aromatic heterocycles. The fourth-order valence-electron chi connectivity index (χ4n) is 1.20. The van der Waals surface area contributed by atoms with E-state index in [0.717, 1.165) is 6.07 Å². The van der Waals surface area contributed by atoms with Crippen LogP contribution in [-0.2, 0) is 4.79 Å². The fraction of sp³-hybridized carbons (Fsp3) is 0.462. The summed E-state index contributed by atoms with van der Waals surface area (Å²) >= 11 is 5.77. The van der Waals surface area contributed by atoms with Gasteiger partial charge in [0.1, 0.15) is 11.6 Å². The van der Waals surface area contributed by atoms with Gasteiger partial charge in [-0.1, -0.05) is 25.4 Å². The first kappa shape index (κ1) is 14.8. The third-order valence-electron chi connectivity index (χ3n) is 2.64. The number of nitrogens with one attached hydrogen (secondary N) is 1. The number of carbonyl (C=O) groups is 1. The largest absolute Gasteiger partial charge is 0.482 e. The monoisotopic (exact) mass is 273 g/mol. The molecular formula is C13H17ClFNO2. The normalized spacial score (nSPS) is 12.3. The molecule has 1 N–H and O–H groups in total. The summed E-state index contributed by atoms with van der Waals surface area (Å²) in [5.74, 6) is -0.0180. The maximum atomic E-state index is 12.8. The number of ether oxygens (including phenoxy) is 1. The Kier molecular flexibility index (Phi) is 5.41. The van der Waals surface area contributed by atoms with Gasteiger partial charge in [-0.15, -0.1) is 0 Å². The molecule has 0 aliphatic carbocycles. The summed E-state index contributed by atoms with van der Waals surface area (Å²) in [6, 6.07) is 3.85. The number of carbonyl (C=O) groups excluding carboxylic acids is 1. The Balaban J connectivity index is 2.47. The van der Waals surface area contributed by atoms with Crippen LogP contribution in [0.15, 0.2) is 18.2 Å². The molecule has 1 atom stereocenters. The van der Waals surface area contributed by atoms with Crippen molar-refractivity contribution in [1.29, 1.82) is 0 Å². The number of hydrogen-bond acceptors (Lipinski definition) is 2. The first-order valence-corrected chi connectivity index (χ1v) is 6.15. The lowest BCUT2D eigenvalue weighted by Gasteiger charge is -2.17. The zero-order valence-electron chi connectivity index (χ0n) is 10.7. The second-order valence-corrected chi connectivity index (χ2v) is 4.87. The summed E-state index contributed by atoms with van der Waals surface area (Å²) in [5.41, 5.74) is 0. The lowest BCUT2D eigenvalue weighted by molar-refractivity contribution is -0.123. The van der Waals surface area contributed by atoms with E-state index in [1.807, 2.05) is 20.8 Å². The van der Waals surface area contributed by atoms with Gasteiger partial charge in [0.15, 0.2) is 6.61 Å². The number of halogens is 2. The lowest BCUT2D eigenvalue weighted by Crippen LogP contribution is -2.38. The van der Waals surface area contributed by atoms with Crippen molar-refractivity contribution in [3.8, 4) is 5.75 Å². The molecule has 0 spiro atoms. The van der Waals surface area contributed by atoms with E-state index in [9.17, 15) is 9.18 Å². The summed E-state index contributed by atoms with van der Waals surface area (Å²) < 4.78 is 18.0. The first-order valence-electron chi connectivity index (χ1n) is 5.77. The molecule has 0 radical (unpaired) electrons. The smallest absolute Gasteiger partial charge is 0.258 e. The van der Waals surface area contributed by atoms with Crippen LogP contribution in [0.5, 0.6) is 5.75 Å². The van der Waals surface area contributed by atoms with Crippen LogP contribution in [0, 0.1) is 11.7 Å². The molecule has 100 valence electrons. The van der Waals surface area contributed by atoms with Crippen molar-refractivity contribution < 1.29 is 13.9 Å². The van der Waals surface area contributed by atoms with Crippen molar-refractivity contribution in [2.45, 2.75) is 26.8 Å². The highest BCUT2D eigenvalue weighted by Gasteiger charge is 2.12. The van der Waals surface area contributed by atoms with E-state index >= 15 is 0 Å². The highest BCUT2D eigenvalue weighted by molar-refractivity contribution is 6.32. The van der Waals surface area contributed by atoms with Gasteiger partial charge in [-0.3, -0.25) is 4.79 Å². The number of benzene rings is 1. The highest BCUT2D eigenvalue weighted by atomic mass is 35.5. The van der Waals surface area contributed by atoms with Crippen LogP contribution in [0.1, 0.15) is 20.8 Å². The molecule has 0 heterocycles. The lowest BCUT2D eigenvalue weighted by atomic mass is 10.1. The summed E-state index contributed by atoms with van der Waals surface area (Å²) in [6.45, 7) is 5.82. The van der Waals surface area contributed by atoms with Gasteiger partial charge in [0, 0.05) is 6.04 Å². The molecule has 1 rings (SSSR count). The molecule has 18 heavy (non-hydrogen) atoms. The second kappa shape index (κ2) is 6.59. The molecule has 3 nitrogen and oxygen atoms in total. The SMILES string of the molecule is CC(C)C(C)NC(=O)COc1ccc(F)cc1Cl. The summed E-state index contributed by atoms with van der Waals surface area (Å²) in [4.78, 5) is 11.6. The van der Waals surface area contributed by atoms with Gasteiger partial charge in [-0.2, -0.15) is 0 Å². The summed E-state index contributed by atoms with van der Waals surface area (Å²) in [6.07, 6.45) is 0. The topological polar surface area (TPSA) is 38.3 Å². The van der Waals surface area contributed by atoms with Crippen LogP contribution in [0.4, 0.5) is 4.39 Å². The van der Waals surface area contributed by atoms with Gasteiger partial charge in [0.2, 0.25) is 0 Å². The Labute approximate surface area is 111 Å². The van der Waals surface area contributed by atoms with Crippen molar-refractivity contribution in [2.24, 2.45) is 5.92 Å². The minimum Gasteiger partial charge on any atom is -0.482 e. The Morgan fingerprint density at radius 2 is 2.11 bits per heavy atom. The molecule has 0 saturated heterocycles. The van der Waals surface area contributed by atoms with E-state index in [0.29, 0.717) is 11.7 Å². The Hall–Kier alpha value is -1.29. The average molecular weight is 274 g/mol. The van der Waals surface area contributed by atoms with Gasteiger partial charge in [0.25, 0.3) is 5.91 Å². The van der Waals surface area contributed by atoms with Crippen LogP contribution in [-0.4, -0.2) is 18.6 Å². The van der Waals surface area contributed by atoms with Crippen molar-refractivity contribution >= 4 is 17.5 Å². The van der Waals surface area contributed by atoms with Gasteiger partial charge < -0.3 is 10.1 Å². The van der Waals surface area contributed by atoms with Crippen LogP contribution in [0.2, 0.25) is 5.02 Å². The molecule has 1 unspecified atom stereocenters. The minimum atomic E-state index is -0.440. The molecule has 0 bridgehead atoms. The van der Waals surface area contributed by atoms with Crippen LogP contribution in [0.25, 0.3) is 0 Å². The maximum absolute atomic E-state index is 12.8. The van der Waals surface area contributed by atoms with Crippen molar-refractivity contribution in [3.63, 3.8) is 0 Å². The molecule has 0 aliphatic rings. The molecule has 0 fully saturated rings. The van der Waals surface area contributed by atoms with E-state index in [-0.39, 0.29) is 23.6 Å². The quantitative estimate of drug-likeness (QED) is 0.896. The number of hydrogen-bond donors (Lipinski definition) is 1. The molecule has 1 aromatic carbocycles. The van der Waals surface area contributed by atoms with Crippen LogP contribution < -0.4 is 10.1 Å². The van der Waals surface area contributed by atoms with E-state index in [1.54, 1.807) is 0 Å². The third-order valence-corrected chi connectivity index (χ3v) is 2.94. The van der Waals surface area contributed by atoms with Crippen molar-refractivity contribution in [1.82, 2.24) is 5.32 Å². The summed E-state index contributed by atoms with van der Waals surface area (Å²) in [7, 11) is 0. The predicted molar refractivity (Wildman–Crippen MR) is 69.3 cm³/mol. The van der Waals surface area contributed by atoms with E-state index in [1.165, 1.54) is 12.1 Å². The van der Waals surface area contributed by atoms with Crippen LogP contribution in [0.3, 0.4) is 0 Å². The van der Waals surface area contributed by atoms with Gasteiger partial charge in [-0.25, -0.2) is 4.39 Å². The molecular weight excluding hydrogens is 257 g/mol. The molecule has 0 aliphatic heterocycles. The summed E-state index contributed by atoms with van der Waals surface area (Å²) in [5, 5.41) is 2.95. The van der Waals surface area contributed by atoms with Crippen LogP contribution >= 0.6 is 11.6 Å². The van der Waals surface area contributed by atoms with Crippen molar-refractivity contribution in [2.75, 3.05) is 6.61 Å². The molecule has 1 amide bonds. The second-order valence-electron chi connectivity index (χ2n) is 4.46. The van der Waals surface area contributed by atoms with Gasteiger partial charge in [0.05, 0.1) is 5.02 Å². The molecule has 5 heteroatoms. The Morgan fingerprint density at radius 3 is 2.67 bits per heavy atom. The van der Waals surface area contributed by atoms with E-state index in [4.69, 9.17) is 16.3 Å².